The average molecular weight is 263 g/mol. The summed E-state index contributed by atoms with van der Waals surface area (Å²) in [7, 11) is 0. The fourth-order valence-electron chi connectivity index (χ4n) is 1.44. The monoisotopic (exact) mass is 263 g/mol. The van der Waals surface area contributed by atoms with Crippen molar-refractivity contribution in [1.29, 1.82) is 0 Å². The van der Waals surface area contributed by atoms with E-state index in [1.165, 1.54) is 32.3 Å². The first-order valence-corrected chi connectivity index (χ1v) is 5.44. The minimum absolute atomic E-state index is 0.181. The molecule has 0 atom stereocenters. The van der Waals surface area contributed by atoms with Crippen molar-refractivity contribution in [2.24, 2.45) is 0 Å². The van der Waals surface area contributed by atoms with Gasteiger partial charge in [-0.3, -0.25) is 4.98 Å². The van der Waals surface area contributed by atoms with Gasteiger partial charge in [0.2, 0.25) is 0 Å². The van der Waals surface area contributed by atoms with Gasteiger partial charge in [-0.2, -0.15) is 0 Å². The van der Waals surface area contributed by atoms with E-state index in [2.05, 4.69) is 4.98 Å². The SMILES string of the molecule is CC1(C)OC(=O)C(=CN([O-])c2cccnc2)C(=O)O1. The van der Waals surface area contributed by atoms with E-state index in [-0.39, 0.29) is 5.69 Å². The molecule has 2 heterocycles. The van der Waals surface area contributed by atoms with Crippen molar-refractivity contribution in [3.63, 3.8) is 0 Å². The van der Waals surface area contributed by atoms with Crippen LogP contribution in [-0.4, -0.2) is 22.7 Å². The van der Waals surface area contributed by atoms with E-state index in [9.17, 15) is 14.8 Å². The molecule has 0 saturated carbocycles. The number of rotatable bonds is 2. The van der Waals surface area contributed by atoms with Crippen LogP contribution in [0.15, 0.2) is 36.3 Å². The second-order valence-electron chi connectivity index (χ2n) is 4.26. The lowest BCUT2D eigenvalue weighted by Gasteiger charge is -2.32. The zero-order chi connectivity index (χ0) is 14.0. The Morgan fingerprint density at radius 1 is 1.32 bits per heavy atom. The molecule has 1 aromatic rings. The number of hydrogen-bond donors (Lipinski definition) is 0. The van der Waals surface area contributed by atoms with Crippen LogP contribution >= 0.6 is 0 Å². The summed E-state index contributed by atoms with van der Waals surface area (Å²) >= 11 is 0. The molecule has 0 radical (unpaired) electrons. The second kappa shape index (κ2) is 4.69. The van der Waals surface area contributed by atoms with Gasteiger partial charge >= 0.3 is 11.9 Å². The molecule has 1 saturated heterocycles. The number of carbonyl (C=O) groups is 2. The third-order valence-corrected chi connectivity index (χ3v) is 2.26. The van der Waals surface area contributed by atoms with Crippen molar-refractivity contribution in [3.05, 3.63) is 41.5 Å². The van der Waals surface area contributed by atoms with E-state index in [0.29, 0.717) is 5.06 Å². The molecule has 0 spiro atoms. The maximum atomic E-state index is 11.8. The lowest BCUT2D eigenvalue weighted by molar-refractivity contribution is -0.222. The van der Waals surface area contributed by atoms with Crippen molar-refractivity contribution >= 4 is 17.6 Å². The second-order valence-corrected chi connectivity index (χ2v) is 4.26. The van der Waals surface area contributed by atoms with E-state index < -0.39 is 23.3 Å². The Morgan fingerprint density at radius 3 is 2.47 bits per heavy atom. The smallest absolute Gasteiger partial charge is 0.350 e. The molecule has 1 aliphatic heterocycles. The van der Waals surface area contributed by atoms with Crippen LogP contribution in [0, 0.1) is 5.21 Å². The number of ether oxygens (including phenoxy) is 2. The van der Waals surface area contributed by atoms with Crippen molar-refractivity contribution in [2.75, 3.05) is 5.06 Å². The van der Waals surface area contributed by atoms with E-state index in [0.717, 1.165) is 6.20 Å². The van der Waals surface area contributed by atoms with Crippen molar-refractivity contribution in [2.45, 2.75) is 19.6 Å². The van der Waals surface area contributed by atoms with Gasteiger partial charge in [-0.15, -0.1) is 0 Å². The summed E-state index contributed by atoms with van der Waals surface area (Å²) in [6.07, 6.45) is 3.61. The fourth-order valence-corrected chi connectivity index (χ4v) is 1.44. The van der Waals surface area contributed by atoms with Gasteiger partial charge < -0.3 is 19.7 Å². The Kier molecular flexibility index (Phi) is 3.22. The minimum atomic E-state index is -1.33. The molecular formula is C12H11N2O5-. The zero-order valence-corrected chi connectivity index (χ0v) is 10.3. The average Bonchev–Trinajstić information content (AvgIpc) is 2.33. The van der Waals surface area contributed by atoms with E-state index >= 15 is 0 Å². The first-order valence-electron chi connectivity index (χ1n) is 5.44. The summed E-state index contributed by atoms with van der Waals surface area (Å²) in [5, 5.41) is 12.1. The van der Waals surface area contributed by atoms with Crippen molar-refractivity contribution < 1.29 is 19.1 Å². The number of esters is 2. The molecule has 0 aromatic carbocycles. The number of hydroxylamine groups is 1. The number of carbonyl (C=O) groups excluding carboxylic acids is 2. The molecule has 0 unspecified atom stereocenters. The van der Waals surface area contributed by atoms with Crippen molar-refractivity contribution in [1.82, 2.24) is 4.98 Å². The van der Waals surface area contributed by atoms with Gasteiger partial charge in [0.05, 0.1) is 0 Å². The van der Waals surface area contributed by atoms with Crippen LogP contribution in [0.4, 0.5) is 5.69 Å². The first-order chi connectivity index (χ1) is 8.89. The molecule has 1 fully saturated rings. The van der Waals surface area contributed by atoms with E-state index in [1.807, 2.05) is 0 Å². The van der Waals surface area contributed by atoms with Crippen LogP contribution < -0.4 is 5.06 Å². The predicted octanol–water partition coefficient (Wildman–Crippen LogP) is 1.11. The highest BCUT2D eigenvalue weighted by Crippen LogP contribution is 2.23. The Balaban J connectivity index is 2.24. The predicted molar refractivity (Wildman–Crippen MR) is 64.4 cm³/mol. The molecule has 7 nitrogen and oxygen atoms in total. The van der Waals surface area contributed by atoms with Gasteiger partial charge in [0.1, 0.15) is 0 Å². The van der Waals surface area contributed by atoms with Crippen LogP contribution in [0.2, 0.25) is 0 Å². The Morgan fingerprint density at radius 2 is 1.95 bits per heavy atom. The van der Waals surface area contributed by atoms with Gasteiger partial charge in [0.25, 0.3) is 5.79 Å². The highest BCUT2D eigenvalue weighted by Gasteiger charge is 2.39. The van der Waals surface area contributed by atoms with Crippen LogP contribution in [0.25, 0.3) is 0 Å². The lowest BCUT2D eigenvalue weighted by Crippen LogP contribution is -2.42. The van der Waals surface area contributed by atoms with Crippen LogP contribution in [-0.2, 0) is 19.1 Å². The maximum Gasteiger partial charge on any atom is 0.350 e. The lowest BCUT2D eigenvalue weighted by atomic mass is 10.2. The largest absolute Gasteiger partial charge is 0.754 e. The Hall–Kier alpha value is -2.41. The summed E-state index contributed by atoms with van der Waals surface area (Å²) in [6.45, 7) is 2.85. The molecular weight excluding hydrogens is 252 g/mol. The number of cyclic esters (lactones) is 2. The first kappa shape index (κ1) is 13.0. The Bertz CT molecular complexity index is 516. The summed E-state index contributed by atoms with van der Waals surface area (Å²) in [6, 6.07) is 3.04. The van der Waals surface area contributed by atoms with E-state index in [4.69, 9.17) is 9.47 Å². The quantitative estimate of drug-likeness (QED) is 0.341. The summed E-state index contributed by atoms with van der Waals surface area (Å²) in [5.41, 5.74) is -0.279. The summed E-state index contributed by atoms with van der Waals surface area (Å²) in [5.74, 6) is -3.12. The normalized spacial score (nSPS) is 17.5. The van der Waals surface area contributed by atoms with Crippen LogP contribution in [0.1, 0.15) is 13.8 Å². The fraction of sp³-hybridized carbons (Fsp3) is 0.250. The molecule has 1 aliphatic rings. The van der Waals surface area contributed by atoms with Gasteiger partial charge in [-0.05, 0) is 12.1 Å². The van der Waals surface area contributed by atoms with Crippen LogP contribution in [0.5, 0.6) is 0 Å². The number of pyridine rings is 1. The number of hydrogen-bond acceptors (Lipinski definition) is 7. The molecule has 7 heteroatoms. The maximum absolute atomic E-state index is 11.8. The summed E-state index contributed by atoms with van der Waals surface area (Å²) < 4.78 is 9.72. The zero-order valence-electron chi connectivity index (χ0n) is 10.3. The summed E-state index contributed by atoms with van der Waals surface area (Å²) in [4.78, 5) is 27.0. The third-order valence-electron chi connectivity index (χ3n) is 2.26. The topological polar surface area (TPSA) is 91.8 Å². The third kappa shape index (κ3) is 2.89. The molecule has 100 valence electrons. The molecule has 0 N–H and O–H groups in total. The molecule has 19 heavy (non-hydrogen) atoms. The standard InChI is InChI=1S/C12H11N2O5/c1-12(2)18-10(15)9(11(16)19-12)7-14(17)8-4-3-5-13-6-8/h3-7H,1-2H3/q-1. The van der Waals surface area contributed by atoms with Gasteiger partial charge in [-0.25, -0.2) is 9.59 Å². The van der Waals surface area contributed by atoms with Crippen LogP contribution in [0.3, 0.4) is 0 Å². The molecule has 2 rings (SSSR count). The van der Waals surface area contributed by atoms with Gasteiger partial charge in [0, 0.05) is 38.1 Å². The Labute approximate surface area is 109 Å². The molecule has 0 aliphatic carbocycles. The minimum Gasteiger partial charge on any atom is -0.754 e. The number of nitrogens with zero attached hydrogens (tertiary/aromatic N) is 2. The number of aromatic nitrogens is 1. The van der Waals surface area contributed by atoms with Crippen molar-refractivity contribution in [3.8, 4) is 0 Å². The highest BCUT2D eigenvalue weighted by atomic mass is 16.7. The van der Waals surface area contributed by atoms with Gasteiger partial charge in [0.15, 0.2) is 5.57 Å². The molecule has 1 aromatic heterocycles. The molecule has 0 amide bonds. The van der Waals surface area contributed by atoms with Gasteiger partial charge in [-0.1, -0.05) is 0 Å². The number of anilines is 1. The molecule has 0 bridgehead atoms. The van der Waals surface area contributed by atoms with E-state index in [1.54, 1.807) is 6.07 Å². The highest BCUT2D eigenvalue weighted by molar-refractivity contribution is 6.15.